The first-order valence-corrected chi connectivity index (χ1v) is 6.46. The molecular formula is C13H18N2O3. The van der Waals surface area contributed by atoms with Gasteiger partial charge in [-0.1, -0.05) is 6.92 Å². The van der Waals surface area contributed by atoms with E-state index in [2.05, 4.69) is 17.1 Å². The SMILES string of the molecule is CCOC(=O)C1=C(NC(C)=O)[C@H]2[C@H]3N1CC[C@@]23C. The van der Waals surface area contributed by atoms with Crippen molar-refractivity contribution in [3.63, 3.8) is 0 Å². The minimum Gasteiger partial charge on any atom is -0.461 e. The number of ether oxygens (including phenoxy) is 1. The number of esters is 1. The Labute approximate surface area is 106 Å². The summed E-state index contributed by atoms with van der Waals surface area (Å²) in [6.07, 6.45) is 1.08. The lowest BCUT2D eigenvalue weighted by Gasteiger charge is -2.19. The molecule has 1 N–H and O–H groups in total. The van der Waals surface area contributed by atoms with E-state index in [0.717, 1.165) is 18.7 Å². The maximum Gasteiger partial charge on any atom is 0.356 e. The van der Waals surface area contributed by atoms with E-state index in [1.54, 1.807) is 6.92 Å². The molecule has 3 aliphatic rings. The highest BCUT2D eigenvalue weighted by molar-refractivity contribution is 5.92. The molecule has 0 aromatic rings. The van der Waals surface area contributed by atoms with E-state index < -0.39 is 0 Å². The molecule has 2 heterocycles. The summed E-state index contributed by atoms with van der Waals surface area (Å²) < 4.78 is 5.10. The molecule has 1 saturated heterocycles. The summed E-state index contributed by atoms with van der Waals surface area (Å²) in [5.74, 6) is -0.129. The van der Waals surface area contributed by atoms with Crippen molar-refractivity contribution in [3.8, 4) is 0 Å². The van der Waals surface area contributed by atoms with Crippen molar-refractivity contribution in [2.24, 2.45) is 11.3 Å². The van der Waals surface area contributed by atoms with Crippen molar-refractivity contribution in [1.29, 1.82) is 0 Å². The van der Waals surface area contributed by atoms with Crippen LogP contribution in [-0.4, -0.2) is 36.0 Å². The molecule has 0 spiro atoms. The molecule has 98 valence electrons. The first-order chi connectivity index (χ1) is 8.50. The summed E-state index contributed by atoms with van der Waals surface area (Å²) in [4.78, 5) is 25.5. The van der Waals surface area contributed by atoms with Gasteiger partial charge in [0.05, 0.1) is 12.3 Å². The lowest BCUT2D eigenvalue weighted by molar-refractivity contribution is -0.140. The van der Waals surface area contributed by atoms with Crippen LogP contribution in [0.4, 0.5) is 0 Å². The number of fused-ring (bicyclic) bond motifs is 1. The molecule has 18 heavy (non-hydrogen) atoms. The van der Waals surface area contributed by atoms with Crippen molar-refractivity contribution in [1.82, 2.24) is 10.2 Å². The third kappa shape index (κ3) is 1.27. The molecular weight excluding hydrogens is 232 g/mol. The van der Waals surface area contributed by atoms with Crippen molar-refractivity contribution < 1.29 is 14.3 Å². The number of piperidine rings is 1. The minimum absolute atomic E-state index is 0.122. The van der Waals surface area contributed by atoms with Crippen LogP contribution in [0.3, 0.4) is 0 Å². The van der Waals surface area contributed by atoms with E-state index in [1.165, 1.54) is 6.92 Å². The normalized spacial score (nSPS) is 35.6. The number of rotatable bonds is 3. The number of nitrogens with one attached hydrogen (secondary N) is 1. The van der Waals surface area contributed by atoms with Crippen LogP contribution >= 0.6 is 0 Å². The summed E-state index contributed by atoms with van der Waals surface area (Å²) in [7, 11) is 0. The zero-order valence-electron chi connectivity index (χ0n) is 10.9. The lowest BCUT2D eigenvalue weighted by atomic mass is 10.0. The van der Waals surface area contributed by atoms with Crippen LogP contribution in [-0.2, 0) is 14.3 Å². The Balaban J connectivity index is 1.95. The van der Waals surface area contributed by atoms with E-state index in [1.807, 2.05) is 0 Å². The van der Waals surface area contributed by atoms with Gasteiger partial charge in [-0.2, -0.15) is 0 Å². The zero-order valence-corrected chi connectivity index (χ0v) is 10.9. The number of nitrogens with zero attached hydrogens (tertiary/aromatic N) is 1. The second-order valence-corrected chi connectivity index (χ2v) is 5.54. The lowest BCUT2D eigenvalue weighted by Crippen LogP contribution is -2.30. The molecule has 1 saturated carbocycles. The summed E-state index contributed by atoms with van der Waals surface area (Å²) in [5.41, 5.74) is 1.61. The Bertz CT molecular complexity index is 471. The molecule has 1 aliphatic carbocycles. The van der Waals surface area contributed by atoms with E-state index >= 15 is 0 Å². The number of hydrogen-bond donors (Lipinski definition) is 1. The summed E-state index contributed by atoms with van der Waals surface area (Å²) in [6, 6.07) is 0.388. The van der Waals surface area contributed by atoms with Gasteiger partial charge in [0, 0.05) is 30.8 Å². The Morgan fingerprint density at radius 3 is 2.89 bits per heavy atom. The molecule has 0 bridgehead atoms. The highest BCUT2D eigenvalue weighted by Gasteiger charge is 2.73. The molecule has 5 heteroatoms. The largest absolute Gasteiger partial charge is 0.461 e. The smallest absolute Gasteiger partial charge is 0.356 e. The van der Waals surface area contributed by atoms with Crippen LogP contribution in [0.2, 0.25) is 0 Å². The predicted octanol–water partition coefficient (Wildman–Crippen LogP) is 0.621. The van der Waals surface area contributed by atoms with Gasteiger partial charge in [-0.25, -0.2) is 4.79 Å². The average molecular weight is 250 g/mol. The summed E-state index contributed by atoms with van der Waals surface area (Å²) >= 11 is 0. The van der Waals surface area contributed by atoms with Gasteiger partial charge < -0.3 is 15.0 Å². The molecule has 0 aromatic heterocycles. The first-order valence-electron chi connectivity index (χ1n) is 6.46. The molecule has 5 nitrogen and oxygen atoms in total. The Morgan fingerprint density at radius 2 is 2.28 bits per heavy atom. The second-order valence-electron chi connectivity index (χ2n) is 5.54. The highest BCUT2D eigenvalue weighted by Crippen LogP contribution is 2.69. The maximum absolute atomic E-state index is 12.0. The summed E-state index contributed by atoms with van der Waals surface area (Å²) in [6.45, 7) is 6.74. The van der Waals surface area contributed by atoms with Gasteiger partial charge >= 0.3 is 5.97 Å². The molecule has 0 unspecified atom stereocenters. The average Bonchev–Trinajstić information content (AvgIpc) is 2.59. The van der Waals surface area contributed by atoms with Gasteiger partial charge in [-0.15, -0.1) is 0 Å². The number of carbonyl (C=O) groups excluding carboxylic acids is 2. The monoisotopic (exact) mass is 250 g/mol. The van der Waals surface area contributed by atoms with Crippen LogP contribution < -0.4 is 5.32 Å². The van der Waals surface area contributed by atoms with Crippen LogP contribution in [0.5, 0.6) is 0 Å². The van der Waals surface area contributed by atoms with Crippen LogP contribution in [0, 0.1) is 11.3 Å². The fourth-order valence-corrected chi connectivity index (χ4v) is 3.67. The zero-order chi connectivity index (χ0) is 13.1. The molecule has 0 radical (unpaired) electrons. The van der Waals surface area contributed by atoms with E-state index in [9.17, 15) is 9.59 Å². The third-order valence-electron chi connectivity index (χ3n) is 4.45. The van der Waals surface area contributed by atoms with Gasteiger partial charge in [-0.05, 0) is 13.3 Å². The van der Waals surface area contributed by atoms with Crippen molar-refractivity contribution in [2.75, 3.05) is 13.2 Å². The Kier molecular flexibility index (Phi) is 2.24. The van der Waals surface area contributed by atoms with Crippen LogP contribution in [0.15, 0.2) is 11.4 Å². The number of carbonyl (C=O) groups is 2. The van der Waals surface area contributed by atoms with Gasteiger partial charge in [0.15, 0.2) is 0 Å². The Morgan fingerprint density at radius 1 is 1.56 bits per heavy atom. The highest BCUT2D eigenvalue weighted by atomic mass is 16.5. The van der Waals surface area contributed by atoms with E-state index in [0.29, 0.717) is 24.3 Å². The van der Waals surface area contributed by atoms with Crippen LogP contribution in [0.1, 0.15) is 27.2 Å². The van der Waals surface area contributed by atoms with E-state index in [4.69, 9.17) is 4.74 Å². The second kappa shape index (κ2) is 3.49. The van der Waals surface area contributed by atoms with Crippen molar-refractivity contribution >= 4 is 11.9 Å². The fourth-order valence-electron chi connectivity index (χ4n) is 3.67. The van der Waals surface area contributed by atoms with E-state index in [-0.39, 0.29) is 17.3 Å². The topological polar surface area (TPSA) is 58.6 Å². The van der Waals surface area contributed by atoms with Crippen LogP contribution in [0.25, 0.3) is 0 Å². The third-order valence-corrected chi connectivity index (χ3v) is 4.45. The summed E-state index contributed by atoms with van der Waals surface area (Å²) in [5, 5.41) is 2.85. The molecule has 0 aromatic carbocycles. The van der Waals surface area contributed by atoms with Gasteiger partial charge in [0.2, 0.25) is 5.91 Å². The predicted molar refractivity (Wildman–Crippen MR) is 64.2 cm³/mol. The van der Waals surface area contributed by atoms with Gasteiger partial charge in [-0.3, -0.25) is 4.79 Å². The van der Waals surface area contributed by atoms with Crippen molar-refractivity contribution in [3.05, 3.63) is 11.4 Å². The maximum atomic E-state index is 12.0. The van der Waals surface area contributed by atoms with Gasteiger partial charge in [0.1, 0.15) is 5.70 Å². The molecule has 1 amide bonds. The molecule has 3 atom stereocenters. The van der Waals surface area contributed by atoms with Gasteiger partial charge in [0.25, 0.3) is 0 Å². The minimum atomic E-state index is -0.308. The molecule has 3 rings (SSSR count). The number of hydrogen-bond acceptors (Lipinski definition) is 4. The quantitative estimate of drug-likeness (QED) is 0.746. The number of amides is 1. The van der Waals surface area contributed by atoms with Crippen molar-refractivity contribution in [2.45, 2.75) is 33.2 Å². The fraction of sp³-hybridized carbons (Fsp3) is 0.692. The first kappa shape index (κ1) is 11.6. The Hall–Kier alpha value is -1.52. The molecule has 2 aliphatic heterocycles. The standard InChI is InChI=1S/C13H18N2O3/c1-4-18-12(17)10-9(14-7(2)16)8-11-13(8,3)5-6-15(10)11/h8,11H,4-6H2,1-3H3,(H,14,16)/t8-,11+,13-/m0/s1. The molecule has 2 fully saturated rings.